The zero-order valence-electron chi connectivity index (χ0n) is 14.5. The van der Waals surface area contributed by atoms with E-state index in [0.29, 0.717) is 5.84 Å². The molecule has 0 aromatic heterocycles. The molecule has 134 valence electrons. The highest BCUT2D eigenvalue weighted by molar-refractivity contribution is 8.03. The van der Waals surface area contributed by atoms with E-state index in [1.165, 1.54) is 43.1 Å². The van der Waals surface area contributed by atoms with Crippen LogP contribution in [-0.4, -0.2) is 54.5 Å². The van der Waals surface area contributed by atoms with Crippen molar-refractivity contribution < 1.29 is 0 Å². The molecule has 0 amide bonds. The maximum Gasteiger partial charge on any atom is 0.112 e. The van der Waals surface area contributed by atoms with Gasteiger partial charge in [0.2, 0.25) is 0 Å². The van der Waals surface area contributed by atoms with Gasteiger partial charge in [-0.1, -0.05) is 6.08 Å². The highest BCUT2D eigenvalue weighted by Gasteiger charge is 2.21. The Morgan fingerprint density at radius 3 is 2.88 bits per heavy atom. The number of amidine groups is 1. The summed E-state index contributed by atoms with van der Waals surface area (Å²) in [5.74, 6) is 1.76. The highest BCUT2D eigenvalue weighted by Crippen LogP contribution is 2.37. The summed E-state index contributed by atoms with van der Waals surface area (Å²) < 4.78 is 0. The van der Waals surface area contributed by atoms with E-state index in [1.54, 1.807) is 11.8 Å². The fraction of sp³-hybridized carbons (Fsp3) is 0.526. The molecular formula is C19H26N4S2. The predicted molar refractivity (Wildman–Crippen MR) is 112 cm³/mol. The van der Waals surface area contributed by atoms with Gasteiger partial charge in [0, 0.05) is 36.0 Å². The Morgan fingerprint density at radius 1 is 1.20 bits per heavy atom. The summed E-state index contributed by atoms with van der Waals surface area (Å²) in [7, 11) is 0. The first kappa shape index (κ1) is 17.3. The molecule has 0 bridgehead atoms. The number of hydrogen-bond donors (Lipinski definition) is 2. The minimum atomic E-state index is 0.251. The average molecular weight is 375 g/mol. The van der Waals surface area contributed by atoms with Crippen LogP contribution in [0.15, 0.2) is 34.6 Å². The van der Waals surface area contributed by atoms with Crippen molar-refractivity contribution in [3.8, 4) is 0 Å². The van der Waals surface area contributed by atoms with Crippen LogP contribution in [0.25, 0.3) is 0 Å². The van der Waals surface area contributed by atoms with Crippen molar-refractivity contribution in [1.29, 1.82) is 5.41 Å². The number of rotatable bonds is 5. The van der Waals surface area contributed by atoms with E-state index >= 15 is 0 Å². The molecule has 1 unspecified atom stereocenters. The Kier molecular flexibility index (Phi) is 5.58. The Hall–Kier alpha value is -1.11. The maximum atomic E-state index is 8.27. The summed E-state index contributed by atoms with van der Waals surface area (Å²) >= 11 is 3.67. The van der Waals surface area contributed by atoms with Crippen molar-refractivity contribution >= 4 is 40.7 Å². The minimum Gasteiger partial charge on any atom is -0.369 e. The molecule has 0 radical (unpaired) electrons. The molecule has 3 heterocycles. The topological polar surface area (TPSA) is 42.4 Å². The van der Waals surface area contributed by atoms with Crippen LogP contribution in [0.4, 0.5) is 11.4 Å². The first-order chi connectivity index (χ1) is 12.3. The Morgan fingerprint density at radius 2 is 2.08 bits per heavy atom. The van der Waals surface area contributed by atoms with E-state index in [0.717, 1.165) is 31.0 Å². The summed E-state index contributed by atoms with van der Waals surface area (Å²) in [6, 6.07) is 6.60. The van der Waals surface area contributed by atoms with E-state index < -0.39 is 0 Å². The van der Waals surface area contributed by atoms with Gasteiger partial charge >= 0.3 is 0 Å². The van der Waals surface area contributed by atoms with E-state index in [9.17, 15) is 0 Å². The molecule has 1 fully saturated rings. The summed E-state index contributed by atoms with van der Waals surface area (Å²) in [6.07, 6.45) is 5.83. The molecular weight excluding hydrogens is 348 g/mol. The first-order valence-corrected chi connectivity index (χ1v) is 11.1. The maximum absolute atomic E-state index is 8.27. The normalized spacial score (nSPS) is 23.0. The molecule has 2 N–H and O–H groups in total. The number of anilines is 2. The van der Waals surface area contributed by atoms with Crippen LogP contribution in [0.2, 0.25) is 0 Å². The fourth-order valence-corrected chi connectivity index (χ4v) is 5.58. The van der Waals surface area contributed by atoms with E-state index in [-0.39, 0.29) is 5.25 Å². The zero-order valence-corrected chi connectivity index (χ0v) is 16.2. The van der Waals surface area contributed by atoms with Gasteiger partial charge in [-0.2, -0.15) is 0 Å². The van der Waals surface area contributed by atoms with Crippen molar-refractivity contribution in [3.05, 3.63) is 29.7 Å². The lowest BCUT2D eigenvalue weighted by Gasteiger charge is -2.32. The lowest BCUT2D eigenvalue weighted by Crippen LogP contribution is -2.36. The number of nitrogens with one attached hydrogen (secondary N) is 2. The first-order valence-electron chi connectivity index (χ1n) is 9.20. The van der Waals surface area contributed by atoms with E-state index in [1.807, 2.05) is 11.8 Å². The monoisotopic (exact) mass is 374 g/mol. The number of nitrogens with zero attached hydrogens (tertiary/aromatic N) is 2. The van der Waals surface area contributed by atoms with Crippen LogP contribution < -0.4 is 10.2 Å². The number of benzene rings is 1. The van der Waals surface area contributed by atoms with Crippen LogP contribution in [0, 0.1) is 5.41 Å². The zero-order chi connectivity index (χ0) is 17.1. The van der Waals surface area contributed by atoms with Crippen LogP contribution in [-0.2, 0) is 0 Å². The number of fused-ring (bicyclic) bond motifs is 1. The Bertz CT molecular complexity index is 647. The molecule has 0 saturated carbocycles. The summed E-state index contributed by atoms with van der Waals surface area (Å²) in [6.45, 7) is 5.99. The van der Waals surface area contributed by atoms with Crippen LogP contribution in [0.5, 0.6) is 0 Å². The fourth-order valence-electron chi connectivity index (χ4n) is 3.66. The SMILES string of the molecule is N=C(Nc1ccc2c(c1)SCCN2CCN1CCCC1)C1CC=CS1. The third-order valence-corrected chi connectivity index (χ3v) is 7.23. The molecule has 1 aromatic carbocycles. The molecule has 1 saturated heterocycles. The molecule has 3 aliphatic heterocycles. The molecule has 3 aliphatic rings. The quantitative estimate of drug-likeness (QED) is 0.600. The molecule has 4 rings (SSSR count). The smallest absolute Gasteiger partial charge is 0.112 e. The highest BCUT2D eigenvalue weighted by atomic mass is 32.2. The van der Waals surface area contributed by atoms with Gasteiger partial charge in [-0.3, -0.25) is 5.41 Å². The molecule has 1 atom stereocenters. The van der Waals surface area contributed by atoms with Crippen molar-refractivity contribution in [3.63, 3.8) is 0 Å². The number of thioether (sulfide) groups is 2. The predicted octanol–water partition coefficient (Wildman–Crippen LogP) is 4.10. The summed E-state index contributed by atoms with van der Waals surface area (Å²) in [4.78, 5) is 6.48. The van der Waals surface area contributed by atoms with Crippen LogP contribution >= 0.6 is 23.5 Å². The number of likely N-dealkylation sites (tertiary alicyclic amines) is 1. The van der Waals surface area contributed by atoms with Crippen LogP contribution in [0.1, 0.15) is 19.3 Å². The van der Waals surface area contributed by atoms with E-state index in [4.69, 9.17) is 5.41 Å². The third kappa shape index (κ3) is 4.18. The average Bonchev–Trinajstić information content (AvgIpc) is 3.33. The molecule has 0 spiro atoms. The van der Waals surface area contributed by atoms with Crippen molar-refractivity contribution in [2.75, 3.05) is 48.7 Å². The standard InChI is InChI=1S/C19H26N4S2/c20-19(17-4-3-12-24-17)21-15-5-6-16-18(14-15)25-13-11-23(16)10-9-22-7-1-2-8-22/h3,5-6,12,14,17H,1-2,4,7-11,13H2,(H2,20,21). The van der Waals surface area contributed by atoms with Crippen molar-refractivity contribution in [2.24, 2.45) is 0 Å². The van der Waals surface area contributed by atoms with Gasteiger partial charge in [-0.25, -0.2) is 0 Å². The lowest BCUT2D eigenvalue weighted by molar-refractivity contribution is 0.345. The van der Waals surface area contributed by atoms with Crippen molar-refractivity contribution in [2.45, 2.75) is 29.4 Å². The second-order valence-electron chi connectivity index (χ2n) is 6.84. The van der Waals surface area contributed by atoms with Gasteiger partial charge in [0.1, 0.15) is 5.84 Å². The molecule has 4 nitrogen and oxygen atoms in total. The lowest BCUT2D eigenvalue weighted by atomic mass is 10.2. The van der Waals surface area contributed by atoms with Crippen LogP contribution in [0.3, 0.4) is 0 Å². The minimum absolute atomic E-state index is 0.251. The van der Waals surface area contributed by atoms with Gasteiger partial charge in [0.25, 0.3) is 0 Å². The molecule has 1 aromatic rings. The summed E-state index contributed by atoms with van der Waals surface area (Å²) in [5, 5.41) is 13.9. The second kappa shape index (κ2) is 8.06. The largest absolute Gasteiger partial charge is 0.369 e. The molecule has 6 heteroatoms. The second-order valence-corrected chi connectivity index (χ2v) is 9.09. The van der Waals surface area contributed by atoms with Gasteiger partial charge in [0.15, 0.2) is 0 Å². The van der Waals surface area contributed by atoms with Gasteiger partial charge in [-0.15, -0.1) is 23.5 Å². The van der Waals surface area contributed by atoms with Crippen molar-refractivity contribution in [1.82, 2.24) is 4.90 Å². The number of hydrogen-bond acceptors (Lipinski definition) is 5. The third-order valence-electron chi connectivity index (χ3n) is 5.09. The number of allylic oxidation sites excluding steroid dienone is 1. The van der Waals surface area contributed by atoms with Gasteiger partial charge in [-0.05, 0) is 56.0 Å². The molecule has 25 heavy (non-hydrogen) atoms. The molecule has 0 aliphatic carbocycles. The summed E-state index contributed by atoms with van der Waals surface area (Å²) in [5.41, 5.74) is 2.41. The Balaban J connectivity index is 1.39. The van der Waals surface area contributed by atoms with Gasteiger partial charge < -0.3 is 15.1 Å². The van der Waals surface area contributed by atoms with E-state index in [2.05, 4.69) is 44.8 Å². The Labute approximate surface area is 158 Å². The van der Waals surface area contributed by atoms with Gasteiger partial charge in [0.05, 0.1) is 10.9 Å².